The maximum absolute atomic E-state index is 13.3. The standard InChI is InChI=1S/C26H29NO8.ClH/c1-3-26(33)9-14-18(16(10-26)35-17-8-15(27)21(28)11(2)34-17)25(32)20-19(24(14)31)22(29)12-6-4-5-7-13(12)23(20)30;/h4-7,11,15-17,21,28,31-33H,3,8-10,27H2,1-2H3;1H/t11-,15+,16+,17+,21+,26?;/m1./s1. The van der Waals surface area contributed by atoms with Crippen LogP contribution in [0.2, 0.25) is 0 Å². The molecule has 0 saturated carbocycles. The number of phenolic OH excluding ortho intramolecular Hbond substituents is 2. The summed E-state index contributed by atoms with van der Waals surface area (Å²) in [6.07, 6.45) is -2.76. The number of phenols is 2. The van der Waals surface area contributed by atoms with E-state index in [9.17, 15) is 30.0 Å². The predicted octanol–water partition coefficient (Wildman–Crippen LogP) is 2.26. The third-order valence-corrected chi connectivity index (χ3v) is 7.58. The number of ketones is 2. The van der Waals surface area contributed by atoms with E-state index in [0.29, 0.717) is 6.42 Å². The molecule has 5 rings (SSSR count). The van der Waals surface area contributed by atoms with Crippen LogP contribution in [-0.4, -0.2) is 62.1 Å². The SMILES string of the molecule is CCC1(O)Cc2c(O)c3c(c(O)c2[C@@H](O[C@H]2C[C@H](N)[C@@H](O)[C@@H](C)O2)C1)C(=O)c1ccccc1C3=O.Cl. The molecule has 9 nitrogen and oxygen atoms in total. The lowest BCUT2D eigenvalue weighted by molar-refractivity contribution is -0.247. The molecule has 3 aliphatic rings. The molecule has 1 saturated heterocycles. The Morgan fingerprint density at radius 1 is 1.11 bits per heavy atom. The first-order valence-electron chi connectivity index (χ1n) is 11.8. The summed E-state index contributed by atoms with van der Waals surface area (Å²) in [7, 11) is 0. The maximum Gasteiger partial charge on any atom is 0.198 e. The minimum absolute atomic E-state index is 0. The van der Waals surface area contributed by atoms with Gasteiger partial charge in [-0.15, -0.1) is 12.4 Å². The highest BCUT2D eigenvalue weighted by molar-refractivity contribution is 6.30. The fourth-order valence-corrected chi connectivity index (χ4v) is 5.50. The lowest BCUT2D eigenvalue weighted by Crippen LogP contribution is -2.52. The summed E-state index contributed by atoms with van der Waals surface area (Å²) >= 11 is 0. The summed E-state index contributed by atoms with van der Waals surface area (Å²) in [6, 6.07) is 5.65. The number of halogens is 1. The van der Waals surface area contributed by atoms with Crippen molar-refractivity contribution < 1.29 is 39.5 Å². The fraction of sp³-hybridized carbons (Fsp3) is 0.462. The molecule has 1 unspecified atom stereocenters. The van der Waals surface area contributed by atoms with Gasteiger partial charge in [0.2, 0.25) is 0 Å². The number of benzene rings is 2. The van der Waals surface area contributed by atoms with E-state index < -0.39 is 59.3 Å². The number of nitrogens with two attached hydrogens (primary N) is 1. The highest BCUT2D eigenvalue weighted by atomic mass is 35.5. The van der Waals surface area contributed by atoms with Gasteiger partial charge in [0.15, 0.2) is 17.9 Å². The number of ether oxygens (including phenoxy) is 2. The smallest absolute Gasteiger partial charge is 0.198 e. The number of fused-ring (bicyclic) bond motifs is 3. The van der Waals surface area contributed by atoms with Crippen LogP contribution < -0.4 is 5.73 Å². The van der Waals surface area contributed by atoms with Crippen molar-refractivity contribution in [3.8, 4) is 11.5 Å². The molecule has 10 heteroatoms. The van der Waals surface area contributed by atoms with Gasteiger partial charge in [-0.1, -0.05) is 31.2 Å². The number of aliphatic hydroxyl groups excluding tert-OH is 1. The molecule has 6 atom stereocenters. The van der Waals surface area contributed by atoms with E-state index in [2.05, 4.69) is 0 Å². The van der Waals surface area contributed by atoms with Crippen LogP contribution in [0.3, 0.4) is 0 Å². The van der Waals surface area contributed by atoms with Gasteiger partial charge in [-0.05, 0) is 13.3 Å². The van der Waals surface area contributed by atoms with Crippen molar-refractivity contribution in [1.82, 2.24) is 0 Å². The molecule has 0 spiro atoms. The topological polar surface area (TPSA) is 160 Å². The number of aliphatic hydroxyl groups is 2. The predicted molar refractivity (Wildman–Crippen MR) is 131 cm³/mol. The molecule has 36 heavy (non-hydrogen) atoms. The average Bonchev–Trinajstić information content (AvgIpc) is 2.83. The molecule has 2 aromatic carbocycles. The quantitative estimate of drug-likeness (QED) is 0.327. The highest BCUT2D eigenvalue weighted by Crippen LogP contribution is 2.52. The number of rotatable bonds is 3. The summed E-state index contributed by atoms with van der Waals surface area (Å²) in [5.41, 5.74) is 4.79. The Labute approximate surface area is 214 Å². The molecule has 2 aliphatic carbocycles. The Morgan fingerprint density at radius 2 is 1.69 bits per heavy atom. The zero-order valence-corrected chi connectivity index (χ0v) is 20.7. The molecule has 0 amide bonds. The molecule has 1 fully saturated rings. The first-order chi connectivity index (χ1) is 16.6. The second kappa shape index (κ2) is 9.41. The van der Waals surface area contributed by atoms with Gasteiger partial charge in [0, 0.05) is 47.6 Å². The molecular formula is C26H30ClNO8. The van der Waals surface area contributed by atoms with E-state index in [1.54, 1.807) is 26.0 Å². The van der Waals surface area contributed by atoms with Gasteiger partial charge < -0.3 is 35.6 Å². The van der Waals surface area contributed by atoms with E-state index in [-0.39, 0.29) is 65.1 Å². The molecule has 2 aromatic rings. The van der Waals surface area contributed by atoms with Crippen LogP contribution >= 0.6 is 12.4 Å². The van der Waals surface area contributed by atoms with Crippen molar-refractivity contribution in [3.63, 3.8) is 0 Å². The van der Waals surface area contributed by atoms with Crippen LogP contribution in [0.4, 0.5) is 0 Å². The molecule has 6 N–H and O–H groups in total. The van der Waals surface area contributed by atoms with Gasteiger partial charge in [0.05, 0.1) is 35.0 Å². The first-order valence-corrected chi connectivity index (χ1v) is 11.8. The zero-order chi connectivity index (χ0) is 25.2. The molecule has 0 aromatic heterocycles. The van der Waals surface area contributed by atoms with Gasteiger partial charge in [-0.3, -0.25) is 9.59 Å². The fourth-order valence-electron chi connectivity index (χ4n) is 5.50. The zero-order valence-electron chi connectivity index (χ0n) is 19.9. The number of hydrogen-bond acceptors (Lipinski definition) is 9. The van der Waals surface area contributed by atoms with Gasteiger partial charge >= 0.3 is 0 Å². The van der Waals surface area contributed by atoms with Crippen LogP contribution in [-0.2, 0) is 15.9 Å². The Balaban J connectivity index is 0.00000304. The third-order valence-electron chi connectivity index (χ3n) is 7.58. The van der Waals surface area contributed by atoms with Crippen LogP contribution in [0.15, 0.2) is 24.3 Å². The van der Waals surface area contributed by atoms with E-state index in [1.807, 2.05) is 0 Å². The number of carbonyl (C=O) groups is 2. The van der Waals surface area contributed by atoms with Crippen LogP contribution in [0.25, 0.3) is 0 Å². The minimum Gasteiger partial charge on any atom is -0.507 e. The minimum atomic E-state index is -1.29. The van der Waals surface area contributed by atoms with E-state index >= 15 is 0 Å². The Bertz CT molecular complexity index is 1220. The lowest BCUT2D eigenvalue weighted by atomic mass is 9.72. The van der Waals surface area contributed by atoms with Crippen molar-refractivity contribution in [1.29, 1.82) is 0 Å². The summed E-state index contributed by atoms with van der Waals surface area (Å²) in [5, 5.41) is 44.0. The molecule has 1 aliphatic heterocycles. The van der Waals surface area contributed by atoms with Gasteiger partial charge in [-0.2, -0.15) is 0 Å². The molecule has 1 heterocycles. The number of carbonyl (C=O) groups excluding carboxylic acids is 2. The average molecular weight is 520 g/mol. The maximum atomic E-state index is 13.3. The van der Waals surface area contributed by atoms with Crippen molar-refractivity contribution in [2.24, 2.45) is 5.73 Å². The molecule has 0 radical (unpaired) electrons. The number of aromatic hydroxyl groups is 2. The Morgan fingerprint density at radius 3 is 2.25 bits per heavy atom. The monoisotopic (exact) mass is 519 g/mol. The highest BCUT2D eigenvalue weighted by Gasteiger charge is 2.46. The summed E-state index contributed by atoms with van der Waals surface area (Å²) in [5.74, 6) is -2.03. The Hall–Kier alpha value is -2.53. The summed E-state index contributed by atoms with van der Waals surface area (Å²) in [6.45, 7) is 3.45. The van der Waals surface area contributed by atoms with Crippen molar-refractivity contribution >= 4 is 24.0 Å². The molecular weight excluding hydrogens is 490 g/mol. The van der Waals surface area contributed by atoms with E-state index in [4.69, 9.17) is 15.2 Å². The molecule has 194 valence electrons. The second-order valence-corrected chi connectivity index (χ2v) is 9.79. The van der Waals surface area contributed by atoms with Crippen molar-refractivity contribution in [2.45, 2.75) is 75.8 Å². The summed E-state index contributed by atoms with van der Waals surface area (Å²) in [4.78, 5) is 26.6. The normalized spacial score (nSPS) is 31.2. The third kappa shape index (κ3) is 4.00. The molecule has 0 bridgehead atoms. The van der Waals surface area contributed by atoms with E-state index in [0.717, 1.165) is 0 Å². The summed E-state index contributed by atoms with van der Waals surface area (Å²) < 4.78 is 11.9. The first kappa shape index (κ1) is 26.5. The lowest BCUT2D eigenvalue weighted by Gasteiger charge is -2.42. The Kier molecular flexibility index (Phi) is 6.93. The van der Waals surface area contributed by atoms with Gasteiger partial charge in [0.1, 0.15) is 11.5 Å². The van der Waals surface area contributed by atoms with E-state index in [1.165, 1.54) is 12.1 Å². The van der Waals surface area contributed by atoms with Crippen molar-refractivity contribution in [3.05, 3.63) is 57.6 Å². The van der Waals surface area contributed by atoms with Crippen LogP contribution in [0.5, 0.6) is 11.5 Å². The second-order valence-electron chi connectivity index (χ2n) is 9.79. The van der Waals surface area contributed by atoms with Crippen LogP contribution in [0.1, 0.15) is 82.2 Å². The number of hydrogen-bond donors (Lipinski definition) is 5. The largest absolute Gasteiger partial charge is 0.507 e. The van der Waals surface area contributed by atoms with Gasteiger partial charge in [0.25, 0.3) is 0 Å². The van der Waals surface area contributed by atoms with Crippen LogP contribution in [0, 0.1) is 0 Å². The van der Waals surface area contributed by atoms with Gasteiger partial charge in [-0.25, -0.2) is 0 Å². The van der Waals surface area contributed by atoms with Crippen molar-refractivity contribution in [2.75, 3.05) is 0 Å².